The lowest BCUT2D eigenvalue weighted by Crippen LogP contribution is -2.47. The normalized spacial score (nSPS) is 20.4. The van der Waals surface area contributed by atoms with E-state index in [9.17, 15) is 13.2 Å². The Labute approximate surface area is 125 Å². The van der Waals surface area contributed by atoms with E-state index in [0.29, 0.717) is 13.1 Å². The average Bonchev–Trinajstić information content (AvgIpc) is 2.91. The Kier molecular flexibility index (Phi) is 5.22. The van der Waals surface area contributed by atoms with Crippen LogP contribution in [0.25, 0.3) is 0 Å². The highest BCUT2D eigenvalue weighted by atomic mass is 19.4. The third kappa shape index (κ3) is 4.33. The van der Waals surface area contributed by atoms with Gasteiger partial charge in [-0.3, -0.25) is 4.99 Å². The molecule has 1 aliphatic heterocycles. The molecule has 10 heteroatoms. The SMILES string of the molecule is CCNC(=NCC(O)C(F)(F)F)NC1CCc2ncnn2C1. The number of aliphatic hydroxyl groups excluding tert-OH is 1. The van der Waals surface area contributed by atoms with E-state index in [4.69, 9.17) is 5.11 Å². The van der Waals surface area contributed by atoms with Crippen LogP contribution in [0, 0.1) is 0 Å². The van der Waals surface area contributed by atoms with Gasteiger partial charge in [-0.2, -0.15) is 18.3 Å². The van der Waals surface area contributed by atoms with Crippen molar-refractivity contribution in [3.63, 3.8) is 0 Å². The standard InChI is InChI=1S/C12H19F3N6O/c1-2-16-11(17-5-9(22)12(13,14)15)20-8-3-4-10-18-7-19-21(10)6-8/h7-9,22H,2-6H2,1H3,(H2,16,17,20). The van der Waals surface area contributed by atoms with E-state index < -0.39 is 18.8 Å². The monoisotopic (exact) mass is 320 g/mol. The highest BCUT2D eigenvalue weighted by Crippen LogP contribution is 2.20. The van der Waals surface area contributed by atoms with Gasteiger partial charge in [-0.05, 0) is 13.3 Å². The summed E-state index contributed by atoms with van der Waals surface area (Å²) in [7, 11) is 0. The van der Waals surface area contributed by atoms with Crippen molar-refractivity contribution >= 4 is 5.96 Å². The van der Waals surface area contributed by atoms with Crippen LogP contribution in [0.4, 0.5) is 13.2 Å². The number of aliphatic imine (C=N–C) groups is 1. The summed E-state index contributed by atoms with van der Waals surface area (Å²) in [4.78, 5) is 7.91. The van der Waals surface area contributed by atoms with Crippen molar-refractivity contribution in [2.24, 2.45) is 4.99 Å². The Morgan fingerprint density at radius 2 is 2.36 bits per heavy atom. The summed E-state index contributed by atoms with van der Waals surface area (Å²) >= 11 is 0. The van der Waals surface area contributed by atoms with Gasteiger partial charge in [0.05, 0.1) is 13.1 Å². The van der Waals surface area contributed by atoms with E-state index in [1.165, 1.54) is 6.33 Å². The number of rotatable bonds is 4. The molecule has 22 heavy (non-hydrogen) atoms. The molecule has 0 saturated carbocycles. The Bertz CT molecular complexity index is 515. The topological polar surface area (TPSA) is 87.4 Å². The van der Waals surface area contributed by atoms with Gasteiger partial charge < -0.3 is 15.7 Å². The summed E-state index contributed by atoms with van der Waals surface area (Å²) in [5, 5.41) is 19.0. The summed E-state index contributed by atoms with van der Waals surface area (Å²) < 4.78 is 38.6. The first-order valence-corrected chi connectivity index (χ1v) is 7.06. The molecule has 0 aliphatic carbocycles. The molecule has 7 nitrogen and oxygen atoms in total. The van der Waals surface area contributed by atoms with Gasteiger partial charge in [-0.15, -0.1) is 0 Å². The van der Waals surface area contributed by atoms with E-state index in [2.05, 4.69) is 25.7 Å². The Morgan fingerprint density at radius 3 is 3.05 bits per heavy atom. The van der Waals surface area contributed by atoms with Crippen LogP contribution in [0.2, 0.25) is 0 Å². The number of guanidine groups is 1. The summed E-state index contributed by atoms with van der Waals surface area (Å²) in [6, 6.07) is -0.00460. The van der Waals surface area contributed by atoms with E-state index in [1.807, 2.05) is 6.92 Å². The number of aryl methyl sites for hydroxylation is 1. The molecule has 0 fully saturated rings. The zero-order chi connectivity index (χ0) is 16.2. The van der Waals surface area contributed by atoms with Crippen LogP contribution in [0.15, 0.2) is 11.3 Å². The van der Waals surface area contributed by atoms with Crippen LogP contribution in [0.5, 0.6) is 0 Å². The number of fused-ring (bicyclic) bond motifs is 1. The number of halogens is 3. The van der Waals surface area contributed by atoms with Crippen LogP contribution >= 0.6 is 0 Å². The molecule has 124 valence electrons. The van der Waals surface area contributed by atoms with Crippen molar-refractivity contribution in [1.82, 2.24) is 25.4 Å². The fourth-order valence-corrected chi connectivity index (χ4v) is 2.15. The lowest BCUT2D eigenvalue weighted by atomic mass is 10.1. The molecule has 3 N–H and O–H groups in total. The third-order valence-corrected chi connectivity index (χ3v) is 3.29. The van der Waals surface area contributed by atoms with Gasteiger partial charge in [0.25, 0.3) is 0 Å². The van der Waals surface area contributed by atoms with Gasteiger partial charge in [0.2, 0.25) is 0 Å². The first-order valence-electron chi connectivity index (χ1n) is 7.06. The van der Waals surface area contributed by atoms with Crippen LogP contribution < -0.4 is 10.6 Å². The minimum absolute atomic E-state index is 0.00460. The maximum Gasteiger partial charge on any atom is 0.416 e. The molecule has 0 aromatic carbocycles. The molecular formula is C12H19F3N6O. The molecule has 2 rings (SSSR count). The molecule has 0 spiro atoms. The molecule has 1 aromatic heterocycles. The number of nitrogens with one attached hydrogen (secondary N) is 2. The summed E-state index contributed by atoms with van der Waals surface area (Å²) in [6.45, 7) is 2.16. The molecule has 0 bridgehead atoms. The summed E-state index contributed by atoms with van der Waals surface area (Å²) in [5.74, 6) is 1.15. The highest BCUT2D eigenvalue weighted by molar-refractivity contribution is 5.80. The lowest BCUT2D eigenvalue weighted by molar-refractivity contribution is -0.199. The van der Waals surface area contributed by atoms with Gasteiger partial charge in [-0.25, -0.2) is 9.67 Å². The molecule has 1 aromatic rings. The minimum atomic E-state index is -4.67. The van der Waals surface area contributed by atoms with Crippen molar-refractivity contribution in [3.05, 3.63) is 12.2 Å². The van der Waals surface area contributed by atoms with E-state index >= 15 is 0 Å². The lowest BCUT2D eigenvalue weighted by Gasteiger charge is -2.25. The average molecular weight is 320 g/mol. The maximum atomic E-state index is 12.3. The number of hydrogen-bond acceptors (Lipinski definition) is 4. The van der Waals surface area contributed by atoms with Crippen LogP contribution in [0.3, 0.4) is 0 Å². The predicted octanol–water partition coefficient (Wildman–Crippen LogP) is 0.0712. The first-order chi connectivity index (χ1) is 10.4. The predicted molar refractivity (Wildman–Crippen MR) is 73.3 cm³/mol. The number of hydrogen-bond donors (Lipinski definition) is 3. The minimum Gasteiger partial charge on any atom is -0.382 e. The molecule has 0 saturated heterocycles. The van der Waals surface area contributed by atoms with Crippen molar-refractivity contribution in [3.8, 4) is 0 Å². The first kappa shape index (κ1) is 16.5. The van der Waals surface area contributed by atoms with Gasteiger partial charge in [0, 0.05) is 19.0 Å². The quantitative estimate of drug-likeness (QED) is 0.540. The van der Waals surface area contributed by atoms with Gasteiger partial charge >= 0.3 is 6.18 Å². The zero-order valence-electron chi connectivity index (χ0n) is 12.1. The van der Waals surface area contributed by atoms with Crippen molar-refractivity contribution in [2.75, 3.05) is 13.1 Å². The van der Waals surface area contributed by atoms with Crippen molar-refractivity contribution in [2.45, 2.75) is 44.6 Å². The van der Waals surface area contributed by atoms with Crippen LogP contribution in [-0.4, -0.2) is 57.2 Å². The molecule has 2 atom stereocenters. The smallest absolute Gasteiger partial charge is 0.382 e. The van der Waals surface area contributed by atoms with Crippen molar-refractivity contribution < 1.29 is 18.3 Å². The molecule has 0 amide bonds. The molecule has 2 unspecified atom stereocenters. The van der Waals surface area contributed by atoms with Gasteiger partial charge in [0.15, 0.2) is 12.1 Å². The number of nitrogens with zero attached hydrogens (tertiary/aromatic N) is 4. The number of alkyl halides is 3. The van der Waals surface area contributed by atoms with E-state index in [0.717, 1.165) is 18.7 Å². The van der Waals surface area contributed by atoms with E-state index in [1.54, 1.807) is 4.68 Å². The Morgan fingerprint density at radius 1 is 1.59 bits per heavy atom. The van der Waals surface area contributed by atoms with E-state index in [-0.39, 0.29) is 12.0 Å². The molecular weight excluding hydrogens is 301 g/mol. The second-order valence-corrected chi connectivity index (χ2v) is 5.02. The number of aliphatic hydroxyl groups is 1. The van der Waals surface area contributed by atoms with Gasteiger partial charge in [-0.1, -0.05) is 0 Å². The van der Waals surface area contributed by atoms with Crippen LogP contribution in [-0.2, 0) is 13.0 Å². The fourth-order valence-electron chi connectivity index (χ4n) is 2.15. The largest absolute Gasteiger partial charge is 0.416 e. The molecule has 2 heterocycles. The summed E-state index contributed by atoms with van der Waals surface area (Å²) in [6.07, 6.45) is -4.12. The fraction of sp³-hybridized carbons (Fsp3) is 0.750. The third-order valence-electron chi connectivity index (χ3n) is 3.29. The summed E-state index contributed by atoms with van der Waals surface area (Å²) in [5.41, 5.74) is 0. The maximum absolute atomic E-state index is 12.3. The molecule has 0 radical (unpaired) electrons. The Balaban J connectivity index is 1.94. The van der Waals surface area contributed by atoms with Crippen molar-refractivity contribution in [1.29, 1.82) is 0 Å². The molecule has 1 aliphatic rings. The van der Waals surface area contributed by atoms with Gasteiger partial charge in [0.1, 0.15) is 12.2 Å². The second-order valence-electron chi connectivity index (χ2n) is 5.02. The highest BCUT2D eigenvalue weighted by Gasteiger charge is 2.38. The Hall–Kier alpha value is -1.84. The van der Waals surface area contributed by atoms with Crippen LogP contribution in [0.1, 0.15) is 19.2 Å². The second kappa shape index (κ2) is 6.95. The number of aromatic nitrogens is 3. The zero-order valence-corrected chi connectivity index (χ0v) is 12.1.